The number of amides is 2. The van der Waals surface area contributed by atoms with Gasteiger partial charge in [-0.1, -0.05) is 61.2 Å². The summed E-state index contributed by atoms with van der Waals surface area (Å²) < 4.78 is 0. The van der Waals surface area contributed by atoms with Gasteiger partial charge >= 0.3 is 0 Å². The molecule has 0 heterocycles. The minimum atomic E-state index is -0.332. The molecule has 0 spiro atoms. The van der Waals surface area contributed by atoms with Gasteiger partial charge in [0.15, 0.2) is 5.11 Å². The third-order valence-electron chi connectivity index (χ3n) is 5.59. The molecular formula is C25H29N3O2S. The number of hydrogen-bond acceptors (Lipinski definition) is 3. The van der Waals surface area contributed by atoms with Crippen molar-refractivity contribution >= 4 is 40.9 Å². The van der Waals surface area contributed by atoms with Crippen molar-refractivity contribution in [2.24, 2.45) is 0 Å². The van der Waals surface area contributed by atoms with Gasteiger partial charge in [0, 0.05) is 19.2 Å². The predicted octanol–water partition coefficient (Wildman–Crippen LogP) is 4.93. The summed E-state index contributed by atoms with van der Waals surface area (Å²) in [6.45, 7) is 2.01. The molecule has 0 aliphatic heterocycles. The summed E-state index contributed by atoms with van der Waals surface area (Å²) in [4.78, 5) is 27.2. The Balaban J connectivity index is 1.61. The molecule has 2 aromatic rings. The molecule has 0 unspecified atom stereocenters. The van der Waals surface area contributed by atoms with E-state index in [0.29, 0.717) is 11.3 Å². The number of benzene rings is 2. The predicted molar refractivity (Wildman–Crippen MR) is 130 cm³/mol. The average molecular weight is 436 g/mol. The van der Waals surface area contributed by atoms with Crippen LogP contribution >= 0.6 is 12.2 Å². The second kappa shape index (κ2) is 10.9. The zero-order valence-corrected chi connectivity index (χ0v) is 18.9. The number of hydrogen-bond donors (Lipinski definition) is 2. The van der Waals surface area contributed by atoms with Crippen LogP contribution in [-0.2, 0) is 4.79 Å². The maximum atomic E-state index is 13.1. The van der Waals surface area contributed by atoms with Crippen molar-refractivity contribution in [3.05, 3.63) is 71.3 Å². The van der Waals surface area contributed by atoms with Gasteiger partial charge in [0.1, 0.15) is 0 Å². The summed E-state index contributed by atoms with van der Waals surface area (Å²) in [5, 5.41) is 5.79. The van der Waals surface area contributed by atoms with E-state index in [9.17, 15) is 9.59 Å². The number of carbonyl (C=O) groups is 2. The molecule has 1 aliphatic rings. The Bertz CT molecular complexity index is 963. The Labute approximate surface area is 189 Å². The largest absolute Gasteiger partial charge is 0.339 e. The van der Waals surface area contributed by atoms with Crippen LogP contribution in [-0.4, -0.2) is 34.9 Å². The Hall–Kier alpha value is -2.99. The summed E-state index contributed by atoms with van der Waals surface area (Å²) in [5.74, 6) is -0.371. The maximum Gasteiger partial charge on any atom is 0.255 e. The summed E-state index contributed by atoms with van der Waals surface area (Å²) in [6, 6.07) is 15.4. The molecule has 1 saturated carbocycles. The lowest BCUT2D eigenvalue weighted by Gasteiger charge is -2.31. The first-order chi connectivity index (χ1) is 14.9. The maximum absolute atomic E-state index is 13.1. The SMILES string of the molecule is Cc1ccc(/C=C/C(=O)NC(=S)Nc2ccccc2C(=O)N(C)C2CCCCC2)cc1. The molecule has 0 aromatic heterocycles. The summed E-state index contributed by atoms with van der Waals surface area (Å²) in [7, 11) is 1.87. The lowest BCUT2D eigenvalue weighted by Crippen LogP contribution is -2.39. The fourth-order valence-electron chi connectivity index (χ4n) is 3.76. The van der Waals surface area contributed by atoms with E-state index in [4.69, 9.17) is 12.2 Å². The first-order valence-electron chi connectivity index (χ1n) is 10.7. The Morgan fingerprint density at radius 3 is 2.42 bits per heavy atom. The van der Waals surface area contributed by atoms with Gasteiger partial charge in [0.25, 0.3) is 5.91 Å². The topological polar surface area (TPSA) is 61.4 Å². The average Bonchev–Trinajstić information content (AvgIpc) is 2.78. The van der Waals surface area contributed by atoms with E-state index < -0.39 is 0 Å². The molecule has 3 rings (SSSR count). The fourth-order valence-corrected chi connectivity index (χ4v) is 3.97. The van der Waals surface area contributed by atoms with Gasteiger partial charge in [0.05, 0.1) is 11.3 Å². The molecule has 2 aromatic carbocycles. The fraction of sp³-hybridized carbons (Fsp3) is 0.320. The van der Waals surface area contributed by atoms with Crippen LogP contribution in [0.15, 0.2) is 54.6 Å². The number of para-hydroxylation sites is 1. The smallest absolute Gasteiger partial charge is 0.255 e. The number of carbonyl (C=O) groups excluding carboxylic acids is 2. The number of thiocarbonyl (C=S) groups is 1. The second-order valence-corrected chi connectivity index (χ2v) is 8.35. The monoisotopic (exact) mass is 435 g/mol. The molecule has 0 radical (unpaired) electrons. The first kappa shape index (κ1) is 22.7. The van der Waals surface area contributed by atoms with Gasteiger partial charge in [0.2, 0.25) is 5.91 Å². The van der Waals surface area contributed by atoms with Gasteiger partial charge in [-0.15, -0.1) is 0 Å². The molecule has 162 valence electrons. The Morgan fingerprint density at radius 2 is 1.71 bits per heavy atom. The van der Waals surface area contributed by atoms with Crippen LogP contribution in [0, 0.1) is 6.92 Å². The molecule has 0 atom stereocenters. The van der Waals surface area contributed by atoms with E-state index >= 15 is 0 Å². The van der Waals surface area contributed by atoms with E-state index in [2.05, 4.69) is 10.6 Å². The van der Waals surface area contributed by atoms with Gasteiger partial charge in [-0.3, -0.25) is 14.9 Å². The second-order valence-electron chi connectivity index (χ2n) is 7.94. The minimum absolute atomic E-state index is 0.0385. The van der Waals surface area contributed by atoms with E-state index in [-0.39, 0.29) is 23.0 Å². The van der Waals surface area contributed by atoms with Crippen LogP contribution in [0.5, 0.6) is 0 Å². The number of rotatable bonds is 5. The molecule has 2 N–H and O–H groups in total. The zero-order valence-electron chi connectivity index (χ0n) is 18.1. The molecule has 31 heavy (non-hydrogen) atoms. The van der Waals surface area contributed by atoms with Gasteiger partial charge < -0.3 is 10.2 Å². The third-order valence-corrected chi connectivity index (χ3v) is 5.79. The van der Waals surface area contributed by atoms with Gasteiger partial charge in [-0.2, -0.15) is 0 Å². The highest BCUT2D eigenvalue weighted by Gasteiger charge is 2.24. The van der Waals surface area contributed by atoms with E-state index in [1.807, 2.05) is 55.3 Å². The first-order valence-corrected chi connectivity index (χ1v) is 11.1. The van der Waals surface area contributed by atoms with Crippen LogP contribution in [0.1, 0.15) is 53.6 Å². The molecule has 1 fully saturated rings. The van der Waals surface area contributed by atoms with Crippen LogP contribution in [0.2, 0.25) is 0 Å². The normalized spacial score (nSPS) is 14.3. The lowest BCUT2D eigenvalue weighted by molar-refractivity contribution is -0.115. The molecular weight excluding hydrogens is 406 g/mol. The van der Waals surface area contributed by atoms with Crippen LogP contribution in [0.3, 0.4) is 0 Å². The minimum Gasteiger partial charge on any atom is -0.339 e. The van der Waals surface area contributed by atoms with Gasteiger partial charge in [-0.25, -0.2) is 0 Å². The standard InChI is InChI=1S/C25H29N3O2S/c1-18-12-14-19(15-13-18)16-17-23(29)27-25(31)26-22-11-7-6-10-21(22)24(30)28(2)20-8-4-3-5-9-20/h6-7,10-17,20H,3-5,8-9H2,1-2H3,(H2,26,27,29,31)/b17-16+. The third kappa shape index (κ3) is 6.49. The number of aryl methyl sites for hydroxylation is 1. The number of anilines is 1. The van der Waals surface area contributed by atoms with Crippen molar-refractivity contribution in [2.75, 3.05) is 12.4 Å². The molecule has 0 saturated heterocycles. The molecule has 2 amide bonds. The van der Waals surface area contributed by atoms with Crippen LogP contribution in [0.25, 0.3) is 6.08 Å². The molecule has 0 bridgehead atoms. The van der Waals surface area contributed by atoms with Crippen LogP contribution in [0.4, 0.5) is 5.69 Å². The van der Waals surface area contributed by atoms with Gasteiger partial charge in [-0.05, 0) is 55.8 Å². The van der Waals surface area contributed by atoms with Crippen molar-refractivity contribution in [3.8, 4) is 0 Å². The Morgan fingerprint density at radius 1 is 1.03 bits per heavy atom. The van der Waals surface area contributed by atoms with E-state index in [1.165, 1.54) is 12.5 Å². The number of nitrogens with zero attached hydrogens (tertiary/aromatic N) is 1. The summed E-state index contributed by atoms with van der Waals surface area (Å²) in [6.07, 6.45) is 8.81. The highest BCUT2D eigenvalue weighted by Crippen LogP contribution is 2.25. The summed E-state index contributed by atoms with van der Waals surface area (Å²) in [5.41, 5.74) is 3.22. The summed E-state index contributed by atoms with van der Waals surface area (Å²) >= 11 is 5.30. The van der Waals surface area contributed by atoms with Crippen molar-refractivity contribution < 1.29 is 9.59 Å². The molecule has 6 heteroatoms. The van der Waals surface area contributed by atoms with Crippen molar-refractivity contribution in [3.63, 3.8) is 0 Å². The lowest BCUT2D eigenvalue weighted by atomic mass is 9.94. The van der Waals surface area contributed by atoms with Crippen molar-refractivity contribution in [2.45, 2.75) is 45.1 Å². The van der Waals surface area contributed by atoms with Crippen molar-refractivity contribution in [1.82, 2.24) is 10.2 Å². The van der Waals surface area contributed by atoms with Crippen molar-refractivity contribution in [1.29, 1.82) is 0 Å². The quantitative estimate of drug-likeness (QED) is 0.517. The highest BCUT2D eigenvalue weighted by molar-refractivity contribution is 7.80. The van der Waals surface area contributed by atoms with E-state index in [1.54, 1.807) is 18.2 Å². The van der Waals surface area contributed by atoms with Crippen LogP contribution < -0.4 is 10.6 Å². The highest BCUT2D eigenvalue weighted by atomic mass is 32.1. The molecule has 5 nitrogen and oxygen atoms in total. The zero-order chi connectivity index (χ0) is 22.2. The van der Waals surface area contributed by atoms with E-state index in [0.717, 1.165) is 36.8 Å². The Kier molecular flexibility index (Phi) is 7.95. The molecule has 1 aliphatic carbocycles. The number of nitrogens with one attached hydrogen (secondary N) is 2.